The van der Waals surface area contributed by atoms with E-state index in [-0.39, 0.29) is 23.3 Å². The Morgan fingerprint density at radius 3 is 3.06 bits per heavy atom. The predicted molar refractivity (Wildman–Crippen MR) is 56.5 cm³/mol. The van der Waals surface area contributed by atoms with Gasteiger partial charge in [0.1, 0.15) is 5.57 Å². The highest BCUT2D eigenvalue weighted by Gasteiger charge is 2.43. The van der Waals surface area contributed by atoms with Crippen LogP contribution in [0.25, 0.3) is 0 Å². The minimum Gasteiger partial charge on any atom is -0.478 e. The number of carbonyl (C=O) groups excluding carboxylic acids is 1. The monoisotopic (exact) mass is 217 g/mol. The van der Waals surface area contributed by atoms with Gasteiger partial charge in [-0.3, -0.25) is 4.79 Å². The highest BCUT2D eigenvalue weighted by atomic mass is 16.4. The summed E-state index contributed by atoms with van der Waals surface area (Å²) in [6.45, 7) is 0.804. The molecule has 0 spiro atoms. The number of carboxylic acids is 1. The Bertz CT molecular complexity index is 473. The summed E-state index contributed by atoms with van der Waals surface area (Å²) in [5.41, 5.74) is 1.15. The molecule has 0 aromatic carbocycles. The van der Waals surface area contributed by atoms with Gasteiger partial charge in [-0.1, -0.05) is 18.2 Å². The summed E-state index contributed by atoms with van der Waals surface area (Å²) in [6.07, 6.45) is 8.13. The van der Waals surface area contributed by atoms with Gasteiger partial charge in [-0.25, -0.2) is 4.79 Å². The topological polar surface area (TPSA) is 57.6 Å². The first kappa shape index (κ1) is 9.39. The summed E-state index contributed by atoms with van der Waals surface area (Å²) >= 11 is 0. The van der Waals surface area contributed by atoms with Crippen molar-refractivity contribution < 1.29 is 14.7 Å². The fraction of sp³-hybridized carbons (Fsp3) is 0.333. The van der Waals surface area contributed by atoms with Crippen molar-refractivity contribution in [2.24, 2.45) is 5.92 Å². The molecule has 0 saturated carbocycles. The third kappa shape index (κ3) is 1.10. The average Bonchev–Trinajstić information content (AvgIpc) is 2.67. The number of carbonyl (C=O) groups is 2. The van der Waals surface area contributed by atoms with E-state index in [4.69, 9.17) is 5.11 Å². The number of Topliss-reactive ketones (excluding diaryl/α,β-unsaturated/α-hetero) is 1. The van der Waals surface area contributed by atoms with Gasteiger partial charge < -0.3 is 10.0 Å². The number of allylic oxidation sites excluding steroid dienone is 2. The van der Waals surface area contributed by atoms with Crippen LogP contribution in [0.5, 0.6) is 0 Å². The molecule has 3 rings (SSSR count). The molecular weight excluding hydrogens is 206 g/mol. The van der Waals surface area contributed by atoms with E-state index < -0.39 is 5.97 Å². The molecule has 0 aromatic heterocycles. The van der Waals surface area contributed by atoms with Gasteiger partial charge >= 0.3 is 5.97 Å². The molecule has 2 aliphatic heterocycles. The van der Waals surface area contributed by atoms with E-state index >= 15 is 0 Å². The first-order chi connectivity index (χ1) is 7.68. The lowest BCUT2D eigenvalue weighted by atomic mass is 9.82. The van der Waals surface area contributed by atoms with Gasteiger partial charge in [-0.05, 0) is 12.0 Å². The molecule has 4 nitrogen and oxygen atoms in total. The molecule has 0 amide bonds. The van der Waals surface area contributed by atoms with Crippen molar-refractivity contribution in [1.29, 1.82) is 0 Å². The number of aliphatic carboxylic acids is 1. The standard InChI is InChI=1S/C12H11NO3/c14-11-8-3-1-2-7-4-5-13(10(7)8)6-9(11)12(15)16/h1-3,6,8,10H,4-5H2,(H,15,16). The first-order valence-corrected chi connectivity index (χ1v) is 5.31. The second-order valence-electron chi connectivity index (χ2n) is 4.30. The van der Waals surface area contributed by atoms with Crippen LogP contribution in [0.4, 0.5) is 0 Å². The van der Waals surface area contributed by atoms with E-state index in [1.54, 1.807) is 0 Å². The maximum absolute atomic E-state index is 12.0. The van der Waals surface area contributed by atoms with Crippen molar-refractivity contribution in [3.05, 3.63) is 35.6 Å². The molecule has 4 heteroatoms. The maximum atomic E-state index is 12.0. The van der Waals surface area contributed by atoms with Crippen molar-refractivity contribution in [3.8, 4) is 0 Å². The van der Waals surface area contributed by atoms with Gasteiger partial charge in [-0.2, -0.15) is 0 Å². The van der Waals surface area contributed by atoms with Crippen LogP contribution < -0.4 is 0 Å². The molecule has 3 aliphatic rings. The molecule has 0 radical (unpaired) electrons. The summed E-state index contributed by atoms with van der Waals surface area (Å²) in [6, 6.07) is 0.0700. The van der Waals surface area contributed by atoms with Crippen LogP contribution >= 0.6 is 0 Å². The van der Waals surface area contributed by atoms with Crippen molar-refractivity contribution in [1.82, 2.24) is 4.90 Å². The van der Waals surface area contributed by atoms with Crippen molar-refractivity contribution >= 4 is 11.8 Å². The van der Waals surface area contributed by atoms with E-state index in [9.17, 15) is 9.59 Å². The van der Waals surface area contributed by atoms with E-state index in [0.717, 1.165) is 13.0 Å². The molecule has 1 saturated heterocycles. The van der Waals surface area contributed by atoms with Crippen LogP contribution in [-0.2, 0) is 9.59 Å². The van der Waals surface area contributed by atoms with E-state index in [1.165, 1.54) is 11.8 Å². The lowest BCUT2D eigenvalue weighted by Crippen LogP contribution is -2.43. The van der Waals surface area contributed by atoms with Crippen molar-refractivity contribution in [3.63, 3.8) is 0 Å². The molecule has 1 fully saturated rings. The van der Waals surface area contributed by atoms with Gasteiger partial charge in [-0.15, -0.1) is 0 Å². The van der Waals surface area contributed by atoms with Crippen LogP contribution in [0.3, 0.4) is 0 Å². The third-order valence-corrected chi connectivity index (χ3v) is 3.46. The number of hydrogen-bond donors (Lipinski definition) is 1. The summed E-state index contributed by atoms with van der Waals surface area (Å²) < 4.78 is 0. The van der Waals surface area contributed by atoms with Gasteiger partial charge in [0.25, 0.3) is 0 Å². The highest BCUT2D eigenvalue weighted by molar-refractivity contribution is 6.18. The number of rotatable bonds is 1. The quantitative estimate of drug-likeness (QED) is 0.658. The predicted octanol–water partition coefficient (Wildman–Crippen LogP) is 0.724. The minimum atomic E-state index is -1.13. The summed E-state index contributed by atoms with van der Waals surface area (Å²) in [5.74, 6) is -1.70. The molecule has 2 heterocycles. The number of nitrogens with zero attached hydrogens (tertiary/aromatic N) is 1. The minimum absolute atomic E-state index is 0.0700. The van der Waals surface area contributed by atoms with E-state index in [2.05, 4.69) is 0 Å². The summed E-state index contributed by atoms with van der Waals surface area (Å²) in [4.78, 5) is 24.9. The zero-order valence-electron chi connectivity index (χ0n) is 8.59. The van der Waals surface area contributed by atoms with E-state index in [1.807, 2.05) is 23.1 Å². The Morgan fingerprint density at radius 2 is 2.31 bits per heavy atom. The Labute approximate surface area is 92.5 Å². The number of hydrogen-bond acceptors (Lipinski definition) is 3. The van der Waals surface area contributed by atoms with Crippen LogP contribution in [0, 0.1) is 5.92 Å². The molecular formula is C12H11NO3. The van der Waals surface area contributed by atoms with Crippen LogP contribution in [0.1, 0.15) is 6.42 Å². The molecule has 2 unspecified atom stereocenters. The molecule has 1 N–H and O–H groups in total. The molecule has 1 aliphatic carbocycles. The largest absolute Gasteiger partial charge is 0.478 e. The Kier molecular flexibility index (Phi) is 1.80. The Morgan fingerprint density at radius 1 is 1.50 bits per heavy atom. The normalized spacial score (nSPS) is 31.0. The molecule has 16 heavy (non-hydrogen) atoms. The highest BCUT2D eigenvalue weighted by Crippen LogP contribution is 2.37. The first-order valence-electron chi connectivity index (χ1n) is 5.31. The molecule has 0 aromatic rings. The number of ketones is 1. The average molecular weight is 217 g/mol. The second-order valence-corrected chi connectivity index (χ2v) is 4.30. The van der Waals surface area contributed by atoms with E-state index in [0.29, 0.717) is 0 Å². The van der Waals surface area contributed by atoms with Gasteiger partial charge in [0, 0.05) is 12.7 Å². The van der Waals surface area contributed by atoms with Crippen molar-refractivity contribution in [2.45, 2.75) is 12.5 Å². The third-order valence-electron chi connectivity index (χ3n) is 3.46. The zero-order valence-corrected chi connectivity index (χ0v) is 8.59. The number of carboxylic acid groups (broad SMARTS) is 1. The SMILES string of the molecule is O=C(O)C1=CN2CCC3=CC=CC(C1=O)C32. The van der Waals surface area contributed by atoms with Gasteiger partial charge in [0.2, 0.25) is 0 Å². The maximum Gasteiger partial charge on any atom is 0.340 e. The Balaban J connectivity index is 2.09. The van der Waals surface area contributed by atoms with Gasteiger partial charge in [0.15, 0.2) is 5.78 Å². The second kappa shape index (κ2) is 3.07. The summed E-state index contributed by atoms with van der Waals surface area (Å²) in [7, 11) is 0. The summed E-state index contributed by atoms with van der Waals surface area (Å²) in [5, 5.41) is 8.97. The Hall–Kier alpha value is -1.84. The van der Waals surface area contributed by atoms with Crippen LogP contribution in [0.15, 0.2) is 35.6 Å². The fourth-order valence-corrected chi connectivity index (χ4v) is 2.73. The smallest absolute Gasteiger partial charge is 0.340 e. The molecule has 0 bridgehead atoms. The fourth-order valence-electron chi connectivity index (χ4n) is 2.73. The lowest BCUT2D eigenvalue weighted by Gasteiger charge is -2.34. The zero-order chi connectivity index (χ0) is 11.3. The van der Waals surface area contributed by atoms with Gasteiger partial charge in [0.05, 0.1) is 12.0 Å². The van der Waals surface area contributed by atoms with Crippen molar-refractivity contribution in [2.75, 3.05) is 6.54 Å². The van der Waals surface area contributed by atoms with Crippen LogP contribution in [0.2, 0.25) is 0 Å². The molecule has 82 valence electrons. The molecule has 2 atom stereocenters. The van der Waals surface area contributed by atoms with Crippen LogP contribution in [-0.4, -0.2) is 34.3 Å². The lowest BCUT2D eigenvalue weighted by molar-refractivity contribution is -0.135.